The first-order chi connectivity index (χ1) is 19.0. The SMILES string of the molecule is CC[C@H](C)C([C@H](O)CC(=O)N1CCC[C@H]1[C@H](OC)[C@@H](C)C(=O)O)N(C)C(=O)[C@@H](NC(=O)[C@H](C(C)C)N(C)C)C(C)C. The Labute approximate surface area is 246 Å². The highest BCUT2D eigenvalue weighted by Gasteiger charge is 2.42. The number of aliphatic hydroxyl groups is 1. The number of rotatable bonds is 16. The van der Waals surface area contributed by atoms with Gasteiger partial charge in [-0.05, 0) is 51.6 Å². The Hall–Kier alpha value is -2.24. The zero-order valence-corrected chi connectivity index (χ0v) is 27.1. The van der Waals surface area contributed by atoms with Crippen molar-refractivity contribution in [3.63, 3.8) is 0 Å². The maximum Gasteiger partial charge on any atom is 0.308 e. The van der Waals surface area contributed by atoms with E-state index < -0.39 is 48.3 Å². The fourth-order valence-corrected chi connectivity index (χ4v) is 6.21. The molecule has 1 unspecified atom stereocenters. The molecule has 8 atom stereocenters. The number of hydrogen-bond acceptors (Lipinski definition) is 7. The first kappa shape index (κ1) is 36.8. The van der Waals surface area contributed by atoms with Gasteiger partial charge in [0.1, 0.15) is 6.04 Å². The molecule has 0 aliphatic carbocycles. The third kappa shape index (κ3) is 9.38. The van der Waals surface area contributed by atoms with Crippen LogP contribution in [0.5, 0.6) is 0 Å². The van der Waals surface area contributed by atoms with E-state index in [1.54, 1.807) is 18.9 Å². The highest BCUT2D eigenvalue weighted by molar-refractivity contribution is 5.90. The molecule has 0 saturated carbocycles. The molecule has 238 valence electrons. The van der Waals surface area contributed by atoms with Gasteiger partial charge in [0.25, 0.3) is 0 Å². The Bertz CT molecular complexity index is 873. The van der Waals surface area contributed by atoms with Gasteiger partial charge < -0.3 is 30.1 Å². The minimum absolute atomic E-state index is 0.0388. The second-order valence-corrected chi connectivity index (χ2v) is 12.6. The average Bonchev–Trinajstić information content (AvgIpc) is 3.36. The van der Waals surface area contributed by atoms with Gasteiger partial charge in [-0.2, -0.15) is 0 Å². The summed E-state index contributed by atoms with van der Waals surface area (Å²) in [6.07, 6.45) is -0.0408. The van der Waals surface area contributed by atoms with Crippen LogP contribution in [0.1, 0.15) is 74.1 Å². The summed E-state index contributed by atoms with van der Waals surface area (Å²) >= 11 is 0. The first-order valence-corrected chi connectivity index (χ1v) is 15.0. The van der Waals surface area contributed by atoms with Gasteiger partial charge in [-0.3, -0.25) is 24.1 Å². The second-order valence-electron chi connectivity index (χ2n) is 12.6. The number of nitrogens with zero attached hydrogens (tertiary/aromatic N) is 3. The number of carboxylic acid groups (broad SMARTS) is 1. The number of hydrogen-bond donors (Lipinski definition) is 3. The van der Waals surface area contributed by atoms with E-state index in [0.29, 0.717) is 25.8 Å². The Morgan fingerprint density at radius 1 is 1.02 bits per heavy atom. The van der Waals surface area contributed by atoms with E-state index in [1.165, 1.54) is 12.0 Å². The van der Waals surface area contributed by atoms with Gasteiger partial charge in [-0.25, -0.2) is 0 Å². The summed E-state index contributed by atoms with van der Waals surface area (Å²) in [4.78, 5) is 57.1. The third-order valence-corrected chi connectivity index (χ3v) is 8.64. The molecule has 3 amide bonds. The van der Waals surface area contributed by atoms with Crippen LogP contribution in [0.2, 0.25) is 0 Å². The van der Waals surface area contributed by atoms with Crippen molar-refractivity contribution in [2.45, 2.75) is 111 Å². The molecule has 0 aromatic carbocycles. The van der Waals surface area contributed by atoms with Crippen LogP contribution >= 0.6 is 0 Å². The molecule has 1 aliphatic heterocycles. The summed E-state index contributed by atoms with van der Waals surface area (Å²) in [5.74, 6) is -2.94. The van der Waals surface area contributed by atoms with Crippen molar-refractivity contribution in [3.05, 3.63) is 0 Å². The molecule has 11 heteroatoms. The van der Waals surface area contributed by atoms with Crippen molar-refractivity contribution in [2.24, 2.45) is 23.7 Å². The van der Waals surface area contributed by atoms with Crippen LogP contribution in [0, 0.1) is 23.7 Å². The second kappa shape index (κ2) is 16.4. The molecule has 11 nitrogen and oxygen atoms in total. The monoisotopic (exact) mass is 584 g/mol. The van der Waals surface area contributed by atoms with Crippen LogP contribution in [0.4, 0.5) is 0 Å². The number of likely N-dealkylation sites (tertiary alicyclic amines) is 1. The van der Waals surface area contributed by atoms with E-state index in [1.807, 2.05) is 60.5 Å². The average molecular weight is 585 g/mol. The third-order valence-electron chi connectivity index (χ3n) is 8.64. The van der Waals surface area contributed by atoms with Crippen LogP contribution in [-0.4, -0.2) is 120 Å². The number of likely N-dealkylation sites (N-methyl/N-ethyl adjacent to an activating group) is 2. The predicted molar refractivity (Wildman–Crippen MR) is 158 cm³/mol. The van der Waals surface area contributed by atoms with E-state index in [9.17, 15) is 29.4 Å². The zero-order chi connectivity index (χ0) is 31.8. The van der Waals surface area contributed by atoms with Gasteiger partial charge in [-0.1, -0.05) is 48.0 Å². The molecule has 0 radical (unpaired) electrons. The Morgan fingerprint density at radius 2 is 1.61 bits per heavy atom. The fraction of sp³-hybridized carbons (Fsp3) is 0.867. The molecule has 0 spiro atoms. The minimum Gasteiger partial charge on any atom is -0.481 e. The topological polar surface area (TPSA) is 140 Å². The van der Waals surface area contributed by atoms with Crippen molar-refractivity contribution < 1.29 is 34.1 Å². The van der Waals surface area contributed by atoms with Gasteiger partial charge in [0.2, 0.25) is 17.7 Å². The van der Waals surface area contributed by atoms with Crippen molar-refractivity contribution in [2.75, 3.05) is 34.8 Å². The van der Waals surface area contributed by atoms with E-state index >= 15 is 0 Å². The molecule has 1 fully saturated rings. The quantitative estimate of drug-likeness (QED) is 0.251. The van der Waals surface area contributed by atoms with Gasteiger partial charge in [-0.15, -0.1) is 0 Å². The molecule has 1 heterocycles. The molecule has 1 rings (SSSR count). The van der Waals surface area contributed by atoms with E-state index in [0.717, 1.165) is 0 Å². The van der Waals surface area contributed by atoms with Crippen molar-refractivity contribution in [1.29, 1.82) is 0 Å². The molecular formula is C30H56N4O7. The number of carbonyl (C=O) groups excluding carboxylic acids is 3. The normalized spacial score (nSPS) is 20.9. The van der Waals surface area contributed by atoms with E-state index in [-0.39, 0.29) is 41.9 Å². The van der Waals surface area contributed by atoms with Crippen LogP contribution in [-0.2, 0) is 23.9 Å². The predicted octanol–water partition coefficient (Wildman–Crippen LogP) is 2.06. The fourth-order valence-electron chi connectivity index (χ4n) is 6.21. The highest BCUT2D eigenvalue weighted by atomic mass is 16.5. The maximum atomic E-state index is 13.8. The van der Waals surface area contributed by atoms with E-state index in [2.05, 4.69) is 5.32 Å². The van der Waals surface area contributed by atoms with Crippen LogP contribution in [0.15, 0.2) is 0 Å². The van der Waals surface area contributed by atoms with Gasteiger partial charge in [0.05, 0.1) is 42.7 Å². The number of methoxy groups -OCH3 is 1. The summed E-state index contributed by atoms with van der Waals surface area (Å²) in [6.45, 7) is 13.6. The first-order valence-electron chi connectivity index (χ1n) is 15.0. The van der Waals surface area contributed by atoms with Crippen molar-refractivity contribution in [3.8, 4) is 0 Å². The summed E-state index contributed by atoms with van der Waals surface area (Å²) in [6, 6.07) is -2.28. The lowest BCUT2D eigenvalue weighted by atomic mass is 9.89. The minimum atomic E-state index is -1.15. The number of nitrogens with one attached hydrogen (secondary N) is 1. The summed E-state index contributed by atoms with van der Waals surface area (Å²) < 4.78 is 5.51. The molecule has 0 aromatic heterocycles. The Morgan fingerprint density at radius 3 is 2.05 bits per heavy atom. The molecular weight excluding hydrogens is 528 g/mol. The van der Waals surface area contributed by atoms with Crippen LogP contribution in [0.3, 0.4) is 0 Å². The molecule has 0 bridgehead atoms. The standard InChI is InChI=1S/C30H56N4O7/c1-12-19(6)26(33(10)29(38)24(17(2)3)31-28(37)25(18(4)5)32(8)9)22(35)16-23(36)34-15-13-14-21(34)27(41-11)20(7)30(39)40/h17-22,24-27,35H,12-16H2,1-11H3,(H,31,37)(H,39,40)/t19-,20+,21-,22+,24-,25-,26?,27+/m0/s1. The Kier molecular flexibility index (Phi) is 14.7. The summed E-state index contributed by atoms with van der Waals surface area (Å²) in [5.41, 5.74) is 0. The number of amides is 3. The van der Waals surface area contributed by atoms with Gasteiger partial charge in [0.15, 0.2) is 0 Å². The van der Waals surface area contributed by atoms with Crippen molar-refractivity contribution >= 4 is 23.7 Å². The smallest absolute Gasteiger partial charge is 0.308 e. The number of carboxylic acids is 1. The lowest BCUT2D eigenvalue weighted by Gasteiger charge is -2.40. The Balaban J connectivity index is 3.17. The van der Waals surface area contributed by atoms with Gasteiger partial charge >= 0.3 is 5.97 Å². The summed E-state index contributed by atoms with van der Waals surface area (Å²) in [7, 11) is 6.73. The number of aliphatic carboxylic acids is 1. The molecule has 1 aliphatic rings. The van der Waals surface area contributed by atoms with Crippen LogP contribution < -0.4 is 5.32 Å². The summed E-state index contributed by atoms with van der Waals surface area (Å²) in [5, 5.41) is 23.9. The molecule has 41 heavy (non-hydrogen) atoms. The maximum absolute atomic E-state index is 13.8. The number of ether oxygens (including phenoxy) is 1. The largest absolute Gasteiger partial charge is 0.481 e. The highest BCUT2D eigenvalue weighted by Crippen LogP contribution is 2.29. The van der Waals surface area contributed by atoms with Crippen molar-refractivity contribution in [1.82, 2.24) is 20.0 Å². The molecule has 1 saturated heterocycles. The zero-order valence-electron chi connectivity index (χ0n) is 27.1. The molecule has 0 aromatic rings. The lowest BCUT2D eigenvalue weighted by molar-refractivity contribution is -0.151. The van der Waals surface area contributed by atoms with E-state index in [4.69, 9.17) is 4.74 Å². The van der Waals surface area contributed by atoms with Crippen LogP contribution in [0.25, 0.3) is 0 Å². The molecule has 3 N–H and O–H groups in total. The van der Waals surface area contributed by atoms with Gasteiger partial charge in [0, 0.05) is 20.7 Å². The number of aliphatic hydroxyl groups excluding tert-OH is 1. The lowest BCUT2D eigenvalue weighted by Crippen LogP contribution is -2.59. The number of carbonyl (C=O) groups is 4.